The van der Waals surface area contributed by atoms with Crippen molar-refractivity contribution < 1.29 is 0 Å². The van der Waals surface area contributed by atoms with Crippen molar-refractivity contribution in [1.29, 1.82) is 0 Å². The Morgan fingerprint density at radius 1 is 1.18 bits per heavy atom. The summed E-state index contributed by atoms with van der Waals surface area (Å²) in [5.41, 5.74) is 3.22. The third kappa shape index (κ3) is 2.54. The van der Waals surface area contributed by atoms with Crippen molar-refractivity contribution in [1.82, 2.24) is 5.32 Å². The average Bonchev–Trinajstić information content (AvgIpc) is 2.29. The van der Waals surface area contributed by atoms with Gasteiger partial charge in [-0.3, -0.25) is 0 Å². The van der Waals surface area contributed by atoms with Gasteiger partial charge in [0, 0.05) is 17.7 Å². The molecule has 0 spiro atoms. The summed E-state index contributed by atoms with van der Waals surface area (Å²) in [4.78, 5) is 0. The molecule has 92 valence electrons. The molecule has 2 rings (SSSR count). The first-order valence-electron chi connectivity index (χ1n) is 6.42. The fourth-order valence-corrected chi connectivity index (χ4v) is 2.33. The van der Waals surface area contributed by atoms with Crippen molar-refractivity contribution in [2.24, 2.45) is 10.8 Å². The van der Waals surface area contributed by atoms with Gasteiger partial charge in [-0.25, -0.2) is 0 Å². The maximum atomic E-state index is 3.59. The Bertz CT molecular complexity index is 415. The summed E-state index contributed by atoms with van der Waals surface area (Å²) in [6, 6.07) is 0. The quantitative estimate of drug-likeness (QED) is 0.717. The highest BCUT2D eigenvalue weighted by atomic mass is 14.9. The second-order valence-electron chi connectivity index (χ2n) is 6.28. The molecule has 1 aliphatic heterocycles. The van der Waals surface area contributed by atoms with Crippen molar-refractivity contribution in [3.05, 3.63) is 47.7 Å². The third-order valence-corrected chi connectivity index (χ3v) is 3.75. The zero-order chi connectivity index (χ0) is 12.5. The Labute approximate surface area is 105 Å². The lowest BCUT2D eigenvalue weighted by atomic mass is 9.78. The van der Waals surface area contributed by atoms with Crippen molar-refractivity contribution in [2.75, 3.05) is 6.54 Å². The van der Waals surface area contributed by atoms with Crippen LogP contribution in [0.3, 0.4) is 0 Å². The molecule has 2 aliphatic rings. The van der Waals surface area contributed by atoms with E-state index in [1.165, 1.54) is 11.3 Å². The lowest BCUT2D eigenvalue weighted by Crippen LogP contribution is -2.33. The van der Waals surface area contributed by atoms with Gasteiger partial charge in [-0.1, -0.05) is 58.1 Å². The van der Waals surface area contributed by atoms with Gasteiger partial charge in [0.05, 0.1) is 0 Å². The van der Waals surface area contributed by atoms with E-state index in [2.05, 4.69) is 69.5 Å². The van der Waals surface area contributed by atoms with Crippen molar-refractivity contribution >= 4 is 0 Å². The van der Waals surface area contributed by atoms with E-state index < -0.39 is 0 Å². The summed E-state index contributed by atoms with van der Waals surface area (Å²) < 4.78 is 0. The lowest BCUT2D eigenvalue weighted by molar-refractivity contribution is 0.444. The maximum Gasteiger partial charge on any atom is 0.0365 e. The second kappa shape index (κ2) is 4.21. The van der Waals surface area contributed by atoms with Crippen molar-refractivity contribution in [2.45, 2.75) is 34.1 Å². The fourth-order valence-electron chi connectivity index (χ4n) is 2.33. The number of rotatable bonds is 1. The van der Waals surface area contributed by atoms with Gasteiger partial charge in [0.2, 0.25) is 0 Å². The standard InChI is InChI=1S/C16H23N/c1-15(2,3)13-8-9-14(17-12-13)16(4)10-6-5-7-11-16/h5-10,17H,11-12H2,1-4H3. The molecule has 0 aromatic heterocycles. The van der Waals surface area contributed by atoms with Crippen LogP contribution in [0.25, 0.3) is 0 Å². The van der Waals surface area contributed by atoms with Gasteiger partial charge < -0.3 is 5.32 Å². The van der Waals surface area contributed by atoms with E-state index in [0.717, 1.165) is 13.0 Å². The van der Waals surface area contributed by atoms with E-state index in [-0.39, 0.29) is 10.8 Å². The molecule has 0 aromatic carbocycles. The minimum atomic E-state index is 0.147. The molecule has 1 aliphatic carbocycles. The summed E-state index contributed by atoms with van der Waals surface area (Å²) in [7, 11) is 0. The molecule has 0 saturated carbocycles. The molecule has 1 nitrogen and oxygen atoms in total. The van der Waals surface area contributed by atoms with Gasteiger partial charge in [0.25, 0.3) is 0 Å². The number of dihydropyridines is 1. The molecule has 0 fully saturated rings. The van der Waals surface area contributed by atoms with Gasteiger partial charge in [-0.15, -0.1) is 0 Å². The SMILES string of the molecule is CC(C)(C)C1=CC=C(C2(C)C=CC=CC2)NC1. The third-order valence-electron chi connectivity index (χ3n) is 3.75. The Morgan fingerprint density at radius 3 is 2.41 bits per heavy atom. The van der Waals surface area contributed by atoms with Crippen LogP contribution in [0.2, 0.25) is 0 Å². The summed E-state index contributed by atoms with van der Waals surface area (Å²) in [6.45, 7) is 10.1. The normalized spacial score (nSPS) is 28.5. The summed E-state index contributed by atoms with van der Waals surface area (Å²) in [5, 5.41) is 3.59. The van der Waals surface area contributed by atoms with Crippen LogP contribution in [0.1, 0.15) is 34.1 Å². The van der Waals surface area contributed by atoms with Crippen molar-refractivity contribution in [3.63, 3.8) is 0 Å². The highest BCUT2D eigenvalue weighted by Gasteiger charge is 2.28. The molecule has 0 saturated heterocycles. The monoisotopic (exact) mass is 229 g/mol. The molecule has 17 heavy (non-hydrogen) atoms. The topological polar surface area (TPSA) is 12.0 Å². The molecule has 0 bridgehead atoms. The van der Waals surface area contributed by atoms with Crippen LogP contribution < -0.4 is 5.32 Å². The molecule has 1 atom stereocenters. The first-order valence-corrected chi connectivity index (χ1v) is 6.42. The number of allylic oxidation sites excluding steroid dienone is 6. The average molecular weight is 229 g/mol. The van der Waals surface area contributed by atoms with Crippen LogP contribution in [0.5, 0.6) is 0 Å². The van der Waals surface area contributed by atoms with Crippen LogP contribution in [-0.4, -0.2) is 6.54 Å². The second-order valence-corrected chi connectivity index (χ2v) is 6.28. The van der Waals surface area contributed by atoms with Gasteiger partial charge in [0.1, 0.15) is 0 Å². The maximum absolute atomic E-state index is 3.59. The first-order chi connectivity index (χ1) is 7.92. The van der Waals surface area contributed by atoms with Crippen LogP contribution in [0.4, 0.5) is 0 Å². The number of hydrogen-bond acceptors (Lipinski definition) is 1. The van der Waals surface area contributed by atoms with Crippen LogP contribution in [0.15, 0.2) is 47.7 Å². The Morgan fingerprint density at radius 2 is 1.94 bits per heavy atom. The zero-order valence-electron chi connectivity index (χ0n) is 11.4. The van der Waals surface area contributed by atoms with Gasteiger partial charge in [-0.2, -0.15) is 0 Å². The molecular weight excluding hydrogens is 206 g/mol. The highest BCUT2D eigenvalue weighted by molar-refractivity contribution is 5.35. The predicted octanol–water partition coefficient (Wildman–Crippen LogP) is 3.97. The molecule has 0 radical (unpaired) electrons. The lowest BCUT2D eigenvalue weighted by Gasteiger charge is -2.35. The van der Waals surface area contributed by atoms with Gasteiger partial charge in [0.15, 0.2) is 0 Å². The summed E-state index contributed by atoms with van der Waals surface area (Å²) in [6.07, 6.45) is 14.4. The number of hydrogen-bond donors (Lipinski definition) is 1. The molecular formula is C16H23N. The Kier molecular flexibility index (Phi) is 3.03. The summed E-state index contributed by atoms with van der Waals surface area (Å²) >= 11 is 0. The molecule has 0 amide bonds. The van der Waals surface area contributed by atoms with E-state index >= 15 is 0 Å². The van der Waals surface area contributed by atoms with Crippen LogP contribution >= 0.6 is 0 Å². The largest absolute Gasteiger partial charge is 0.384 e. The smallest absolute Gasteiger partial charge is 0.0365 e. The highest BCUT2D eigenvalue weighted by Crippen LogP contribution is 2.36. The molecule has 1 N–H and O–H groups in total. The minimum absolute atomic E-state index is 0.147. The van der Waals surface area contributed by atoms with E-state index in [9.17, 15) is 0 Å². The number of nitrogens with one attached hydrogen (secondary N) is 1. The Hall–Kier alpha value is -1.24. The van der Waals surface area contributed by atoms with Crippen molar-refractivity contribution in [3.8, 4) is 0 Å². The Balaban J connectivity index is 2.21. The van der Waals surface area contributed by atoms with E-state index in [4.69, 9.17) is 0 Å². The van der Waals surface area contributed by atoms with E-state index in [1.807, 2.05) is 0 Å². The van der Waals surface area contributed by atoms with Gasteiger partial charge in [-0.05, 0) is 23.5 Å². The molecule has 1 unspecified atom stereocenters. The minimum Gasteiger partial charge on any atom is -0.384 e. The van der Waals surface area contributed by atoms with Crippen LogP contribution in [0, 0.1) is 10.8 Å². The summed E-state index contributed by atoms with van der Waals surface area (Å²) in [5.74, 6) is 0. The van der Waals surface area contributed by atoms with Crippen LogP contribution in [-0.2, 0) is 0 Å². The first kappa shape index (κ1) is 12.2. The van der Waals surface area contributed by atoms with E-state index in [0.29, 0.717) is 0 Å². The molecule has 1 heteroatoms. The van der Waals surface area contributed by atoms with Gasteiger partial charge >= 0.3 is 0 Å². The molecule has 0 aromatic rings. The zero-order valence-corrected chi connectivity index (χ0v) is 11.4. The predicted molar refractivity (Wildman–Crippen MR) is 74.6 cm³/mol. The fraction of sp³-hybridized carbons (Fsp3) is 0.500. The van der Waals surface area contributed by atoms with E-state index in [1.54, 1.807) is 0 Å². The molecule has 1 heterocycles.